The van der Waals surface area contributed by atoms with Crippen LogP contribution in [0, 0.1) is 0 Å². The lowest BCUT2D eigenvalue weighted by atomic mass is 10.1. The summed E-state index contributed by atoms with van der Waals surface area (Å²) in [5.74, 6) is 0.268. The first kappa shape index (κ1) is 14.0. The van der Waals surface area contributed by atoms with Crippen LogP contribution < -0.4 is 5.32 Å². The van der Waals surface area contributed by atoms with E-state index in [9.17, 15) is 4.79 Å². The second kappa shape index (κ2) is 6.16. The van der Waals surface area contributed by atoms with Gasteiger partial charge in [0.05, 0.1) is 18.4 Å². The lowest BCUT2D eigenvalue weighted by Gasteiger charge is -2.29. The van der Waals surface area contributed by atoms with Crippen LogP contribution in [0.5, 0.6) is 0 Å². The Morgan fingerprint density at radius 1 is 1.63 bits per heavy atom. The zero-order chi connectivity index (χ0) is 13.8. The molecule has 6 heteroatoms. The molecule has 1 aromatic rings. The Morgan fingerprint density at radius 3 is 3.05 bits per heavy atom. The second-order valence-corrected chi connectivity index (χ2v) is 5.24. The maximum atomic E-state index is 11.9. The molecule has 19 heavy (non-hydrogen) atoms. The highest BCUT2D eigenvalue weighted by atomic mass is 16.5. The fraction of sp³-hybridized carbons (Fsp3) is 0.692. The van der Waals surface area contributed by atoms with Gasteiger partial charge in [-0.3, -0.25) is 4.79 Å². The average Bonchev–Trinajstić information content (AvgIpc) is 2.86. The van der Waals surface area contributed by atoms with E-state index in [0.29, 0.717) is 13.2 Å². The molecule has 0 radical (unpaired) electrons. The first-order valence-corrected chi connectivity index (χ1v) is 6.61. The summed E-state index contributed by atoms with van der Waals surface area (Å²) in [6.07, 6.45) is 0.0372. The average molecular weight is 267 g/mol. The topological polar surface area (TPSA) is 67.6 Å². The lowest BCUT2D eigenvalue weighted by Crippen LogP contribution is -2.45. The Morgan fingerprint density at radius 2 is 2.42 bits per heavy atom. The smallest absolute Gasteiger partial charge is 0.289 e. The number of hydrogen-bond donors (Lipinski definition) is 1. The molecule has 1 fully saturated rings. The minimum atomic E-state index is -0.240. The Bertz CT molecular complexity index is 431. The Kier molecular flexibility index (Phi) is 4.55. The van der Waals surface area contributed by atoms with Crippen LogP contribution in [0.2, 0.25) is 0 Å². The molecule has 1 N–H and O–H groups in total. The number of hydrogen-bond acceptors (Lipinski definition) is 5. The van der Waals surface area contributed by atoms with Gasteiger partial charge >= 0.3 is 0 Å². The molecule has 1 aliphatic heterocycles. The molecule has 0 saturated carbocycles. The van der Waals surface area contributed by atoms with Crippen LogP contribution in [-0.4, -0.2) is 55.4 Å². The summed E-state index contributed by atoms with van der Waals surface area (Å²) in [6.45, 7) is 6.96. The largest absolute Gasteiger partial charge is 0.374 e. The predicted molar refractivity (Wildman–Crippen MR) is 70.2 cm³/mol. The fourth-order valence-corrected chi connectivity index (χ4v) is 1.95. The van der Waals surface area contributed by atoms with Crippen molar-refractivity contribution < 1.29 is 14.1 Å². The number of carbonyl (C=O) groups is 1. The van der Waals surface area contributed by atoms with E-state index in [-0.39, 0.29) is 23.7 Å². The third-order valence-electron chi connectivity index (χ3n) is 3.18. The number of amides is 1. The zero-order valence-electron chi connectivity index (χ0n) is 11.7. The van der Waals surface area contributed by atoms with Crippen LogP contribution in [0.1, 0.15) is 36.0 Å². The number of rotatable bonds is 4. The molecule has 106 valence electrons. The molecule has 0 aliphatic carbocycles. The predicted octanol–water partition coefficient (Wildman–Crippen LogP) is 0.858. The van der Waals surface area contributed by atoms with Crippen molar-refractivity contribution in [3.8, 4) is 0 Å². The van der Waals surface area contributed by atoms with Gasteiger partial charge in [-0.05, 0) is 13.0 Å². The number of aromatic nitrogens is 1. The normalized spacial score (nSPS) is 20.7. The van der Waals surface area contributed by atoms with Gasteiger partial charge in [-0.1, -0.05) is 19.0 Å². The third-order valence-corrected chi connectivity index (χ3v) is 3.18. The number of nitrogens with one attached hydrogen (secondary N) is 1. The highest BCUT2D eigenvalue weighted by molar-refractivity contribution is 5.91. The summed E-state index contributed by atoms with van der Waals surface area (Å²) in [5, 5.41) is 6.69. The van der Waals surface area contributed by atoms with Gasteiger partial charge in [0, 0.05) is 25.7 Å². The van der Waals surface area contributed by atoms with E-state index in [1.54, 1.807) is 6.07 Å². The monoisotopic (exact) mass is 267 g/mol. The Balaban J connectivity index is 1.83. The van der Waals surface area contributed by atoms with Gasteiger partial charge in [0.2, 0.25) is 5.76 Å². The summed E-state index contributed by atoms with van der Waals surface area (Å²) in [7, 11) is 2.04. The second-order valence-electron chi connectivity index (χ2n) is 5.24. The minimum absolute atomic E-state index is 0.0372. The Hall–Kier alpha value is -1.40. The van der Waals surface area contributed by atoms with Gasteiger partial charge in [0.15, 0.2) is 0 Å². The van der Waals surface area contributed by atoms with Crippen LogP contribution in [0.25, 0.3) is 0 Å². The standard InChI is InChI=1S/C13H21N3O3/c1-9(2)11-6-12(19-15-11)13(17)14-7-10-8-16(3)4-5-18-10/h6,9-10H,4-5,7-8H2,1-3H3,(H,14,17). The molecular weight excluding hydrogens is 246 g/mol. The van der Waals surface area contributed by atoms with Crippen LogP contribution >= 0.6 is 0 Å². The van der Waals surface area contributed by atoms with E-state index >= 15 is 0 Å². The zero-order valence-corrected chi connectivity index (χ0v) is 11.7. The van der Waals surface area contributed by atoms with Gasteiger partial charge < -0.3 is 19.5 Å². The number of nitrogens with zero attached hydrogens (tertiary/aromatic N) is 2. The summed E-state index contributed by atoms with van der Waals surface area (Å²) in [6, 6.07) is 1.69. The summed E-state index contributed by atoms with van der Waals surface area (Å²) < 4.78 is 10.6. The quantitative estimate of drug-likeness (QED) is 0.876. The van der Waals surface area contributed by atoms with Crippen molar-refractivity contribution in [3.63, 3.8) is 0 Å². The Labute approximate surface area is 113 Å². The number of carbonyl (C=O) groups excluding carboxylic acids is 1. The molecule has 2 heterocycles. The molecule has 1 aliphatic rings. The van der Waals surface area contributed by atoms with Crippen LogP contribution in [0.4, 0.5) is 0 Å². The first-order chi connectivity index (χ1) is 9.06. The lowest BCUT2D eigenvalue weighted by molar-refractivity contribution is -0.0176. The van der Waals surface area contributed by atoms with Gasteiger partial charge in [-0.15, -0.1) is 0 Å². The minimum Gasteiger partial charge on any atom is -0.374 e. The number of morpholine rings is 1. The first-order valence-electron chi connectivity index (χ1n) is 6.61. The molecule has 0 aromatic carbocycles. The molecule has 1 saturated heterocycles. The molecule has 6 nitrogen and oxygen atoms in total. The molecule has 0 spiro atoms. The van der Waals surface area contributed by atoms with Crippen molar-refractivity contribution in [2.75, 3.05) is 33.3 Å². The fourth-order valence-electron chi connectivity index (χ4n) is 1.95. The molecular formula is C13H21N3O3. The van der Waals surface area contributed by atoms with Crippen molar-refractivity contribution in [3.05, 3.63) is 17.5 Å². The summed E-state index contributed by atoms with van der Waals surface area (Å²) in [5.41, 5.74) is 0.791. The van der Waals surface area contributed by atoms with E-state index in [1.807, 2.05) is 20.9 Å². The van der Waals surface area contributed by atoms with Crippen molar-refractivity contribution in [2.24, 2.45) is 0 Å². The maximum absolute atomic E-state index is 11.9. The summed E-state index contributed by atoms with van der Waals surface area (Å²) >= 11 is 0. The number of ether oxygens (including phenoxy) is 1. The van der Waals surface area contributed by atoms with Crippen molar-refractivity contribution in [1.82, 2.24) is 15.4 Å². The summed E-state index contributed by atoms with van der Waals surface area (Å²) in [4.78, 5) is 14.1. The van der Waals surface area contributed by atoms with Gasteiger partial charge in [0.1, 0.15) is 0 Å². The van der Waals surface area contributed by atoms with Gasteiger partial charge in [0.25, 0.3) is 5.91 Å². The maximum Gasteiger partial charge on any atom is 0.289 e. The third kappa shape index (κ3) is 3.78. The van der Waals surface area contributed by atoms with Crippen molar-refractivity contribution >= 4 is 5.91 Å². The molecule has 2 rings (SSSR count). The highest BCUT2D eigenvalue weighted by Crippen LogP contribution is 2.13. The van der Waals surface area contributed by atoms with Crippen LogP contribution in [-0.2, 0) is 4.74 Å². The van der Waals surface area contributed by atoms with Gasteiger partial charge in [-0.2, -0.15) is 0 Å². The molecule has 0 bridgehead atoms. The van der Waals surface area contributed by atoms with Crippen LogP contribution in [0.15, 0.2) is 10.6 Å². The molecule has 1 aromatic heterocycles. The van der Waals surface area contributed by atoms with Gasteiger partial charge in [-0.25, -0.2) is 0 Å². The van der Waals surface area contributed by atoms with Crippen molar-refractivity contribution in [1.29, 1.82) is 0 Å². The highest BCUT2D eigenvalue weighted by Gasteiger charge is 2.20. The van der Waals surface area contributed by atoms with E-state index in [1.165, 1.54) is 0 Å². The number of likely N-dealkylation sites (N-methyl/N-ethyl adjacent to an activating group) is 1. The van der Waals surface area contributed by atoms with Crippen LogP contribution in [0.3, 0.4) is 0 Å². The SMILES string of the molecule is CC(C)c1cc(C(=O)NCC2CN(C)CCO2)on1. The van der Waals surface area contributed by atoms with E-state index in [4.69, 9.17) is 9.26 Å². The molecule has 1 atom stereocenters. The van der Waals surface area contributed by atoms with Crippen molar-refractivity contribution in [2.45, 2.75) is 25.9 Å². The van der Waals surface area contributed by atoms with E-state index in [0.717, 1.165) is 18.8 Å². The van der Waals surface area contributed by atoms with E-state index in [2.05, 4.69) is 15.4 Å². The molecule has 1 amide bonds. The molecule has 1 unspecified atom stereocenters. The van der Waals surface area contributed by atoms with E-state index < -0.39 is 0 Å².